The van der Waals surface area contributed by atoms with E-state index in [1.54, 1.807) is 19.9 Å². The van der Waals surface area contributed by atoms with Crippen molar-refractivity contribution in [2.45, 2.75) is 26.0 Å². The topological polar surface area (TPSA) is 88.2 Å². The van der Waals surface area contributed by atoms with Crippen LogP contribution in [0.15, 0.2) is 30.3 Å². The fourth-order valence-corrected chi connectivity index (χ4v) is 2.91. The summed E-state index contributed by atoms with van der Waals surface area (Å²) in [5, 5.41) is 5.76. The van der Waals surface area contributed by atoms with E-state index in [0.717, 1.165) is 11.1 Å². The van der Waals surface area contributed by atoms with Crippen molar-refractivity contribution in [1.29, 1.82) is 0 Å². The molecule has 0 fully saturated rings. The van der Waals surface area contributed by atoms with Gasteiger partial charge in [-0.25, -0.2) is 13.2 Å². The van der Waals surface area contributed by atoms with Crippen LogP contribution in [0, 0.1) is 6.92 Å². The Kier molecular flexibility index (Phi) is 5.20. The van der Waals surface area contributed by atoms with Gasteiger partial charge in [-0.1, -0.05) is 18.2 Å². The van der Waals surface area contributed by atoms with Crippen LogP contribution in [0.1, 0.15) is 19.5 Å². The summed E-state index contributed by atoms with van der Waals surface area (Å²) < 4.78 is 23.4. The van der Waals surface area contributed by atoms with Crippen LogP contribution in [0.25, 0.3) is 10.9 Å². The molecule has 0 saturated heterocycles. The number of aromatic nitrogens is 1. The van der Waals surface area contributed by atoms with Crippen LogP contribution in [0.3, 0.4) is 0 Å². The second-order valence-electron chi connectivity index (χ2n) is 5.63. The number of benzene rings is 1. The second kappa shape index (κ2) is 6.95. The fourth-order valence-electron chi connectivity index (χ4n) is 2.05. The van der Waals surface area contributed by atoms with Gasteiger partial charge in [0.15, 0.2) is 9.84 Å². The lowest BCUT2D eigenvalue weighted by molar-refractivity contribution is 0.252. The maximum absolute atomic E-state index is 12.0. The van der Waals surface area contributed by atoms with Crippen molar-refractivity contribution in [3.05, 3.63) is 36.0 Å². The van der Waals surface area contributed by atoms with Crippen molar-refractivity contribution in [2.75, 3.05) is 17.6 Å². The molecule has 0 aliphatic heterocycles. The van der Waals surface area contributed by atoms with E-state index in [0.29, 0.717) is 11.2 Å². The number of nitrogens with one attached hydrogen (secondary N) is 2. The third-order valence-electron chi connectivity index (χ3n) is 3.50. The van der Waals surface area contributed by atoms with Crippen LogP contribution in [0.2, 0.25) is 0 Å². The number of urea groups is 1. The second-order valence-corrected chi connectivity index (χ2v) is 8.30. The fraction of sp³-hybridized carbons (Fsp3) is 0.375. The normalized spacial score (nSPS) is 11.7. The summed E-state index contributed by atoms with van der Waals surface area (Å²) in [6.45, 7) is 5.20. The van der Waals surface area contributed by atoms with Crippen molar-refractivity contribution in [3.8, 4) is 0 Å². The van der Waals surface area contributed by atoms with Crippen LogP contribution in [0.4, 0.5) is 10.5 Å². The molecule has 2 N–H and O–H groups in total. The third-order valence-corrected chi connectivity index (χ3v) is 5.71. The molecule has 0 aliphatic carbocycles. The molecule has 6 nitrogen and oxygen atoms in total. The molecule has 0 atom stereocenters. The maximum Gasteiger partial charge on any atom is 0.319 e. The van der Waals surface area contributed by atoms with Gasteiger partial charge in [0.05, 0.1) is 22.2 Å². The first kappa shape index (κ1) is 17.2. The summed E-state index contributed by atoms with van der Waals surface area (Å²) >= 11 is 0. The number of amides is 2. The zero-order valence-electron chi connectivity index (χ0n) is 13.5. The van der Waals surface area contributed by atoms with Crippen LogP contribution < -0.4 is 10.6 Å². The molecule has 7 heteroatoms. The van der Waals surface area contributed by atoms with Gasteiger partial charge in [0.2, 0.25) is 0 Å². The quantitative estimate of drug-likeness (QED) is 0.878. The van der Waals surface area contributed by atoms with E-state index < -0.39 is 21.1 Å². The summed E-state index contributed by atoms with van der Waals surface area (Å²) in [5.74, 6) is -0.0784. The highest BCUT2D eigenvalue weighted by molar-refractivity contribution is 7.92. The summed E-state index contributed by atoms with van der Waals surface area (Å²) in [6.07, 6.45) is 0. The van der Waals surface area contributed by atoms with Crippen molar-refractivity contribution >= 4 is 32.5 Å². The predicted molar refractivity (Wildman–Crippen MR) is 92.4 cm³/mol. The Bertz CT molecular complexity index is 816. The molecule has 2 aromatic rings. The SMILES string of the molecule is Cc1ccc2cccc(NC(=O)NCCS(=O)(=O)C(C)C)c2n1. The summed E-state index contributed by atoms with van der Waals surface area (Å²) in [7, 11) is -3.16. The van der Waals surface area contributed by atoms with Crippen LogP contribution in [-0.4, -0.2) is 37.0 Å². The van der Waals surface area contributed by atoms with Gasteiger partial charge in [-0.3, -0.25) is 4.98 Å². The average molecular weight is 335 g/mol. The largest absolute Gasteiger partial charge is 0.337 e. The van der Waals surface area contributed by atoms with E-state index in [1.807, 2.05) is 31.2 Å². The first-order chi connectivity index (χ1) is 10.8. The van der Waals surface area contributed by atoms with Gasteiger partial charge in [0, 0.05) is 17.6 Å². The first-order valence-corrected chi connectivity index (χ1v) is 9.14. The molecule has 0 unspecified atom stereocenters. The van der Waals surface area contributed by atoms with E-state index >= 15 is 0 Å². The van der Waals surface area contributed by atoms with Crippen molar-refractivity contribution in [3.63, 3.8) is 0 Å². The van der Waals surface area contributed by atoms with E-state index in [-0.39, 0.29) is 12.3 Å². The number of para-hydroxylation sites is 1. The molecule has 2 rings (SSSR count). The number of carbonyl (C=O) groups excluding carboxylic acids is 1. The lowest BCUT2D eigenvalue weighted by Gasteiger charge is -2.11. The van der Waals surface area contributed by atoms with E-state index in [9.17, 15) is 13.2 Å². The minimum Gasteiger partial charge on any atom is -0.337 e. The Hall–Kier alpha value is -2.15. The van der Waals surface area contributed by atoms with E-state index in [2.05, 4.69) is 15.6 Å². The molecule has 1 aromatic heterocycles. The molecule has 1 aromatic carbocycles. The number of carbonyl (C=O) groups is 1. The zero-order chi connectivity index (χ0) is 17.0. The van der Waals surface area contributed by atoms with Gasteiger partial charge < -0.3 is 10.6 Å². The maximum atomic E-state index is 12.0. The van der Waals surface area contributed by atoms with Gasteiger partial charge in [-0.15, -0.1) is 0 Å². The van der Waals surface area contributed by atoms with Gasteiger partial charge in [-0.2, -0.15) is 0 Å². The van der Waals surface area contributed by atoms with Gasteiger partial charge >= 0.3 is 6.03 Å². The highest BCUT2D eigenvalue weighted by Crippen LogP contribution is 2.21. The van der Waals surface area contributed by atoms with E-state index in [1.165, 1.54) is 0 Å². The molecule has 0 aliphatic rings. The van der Waals surface area contributed by atoms with Crippen molar-refractivity contribution in [2.24, 2.45) is 0 Å². The number of hydrogen-bond acceptors (Lipinski definition) is 4. The standard InChI is InChI=1S/C16H21N3O3S/c1-11(2)23(21,22)10-9-17-16(20)19-14-6-4-5-13-8-7-12(3)18-15(13)14/h4-8,11H,9-10H2,1-3H3,(H2,17,19,20). The lowest BCUT2D eigenvalue weighted by atomic mass is 10.2. The average Bonchev–Trinajstić information content (AvgIpc) is 2.47. The van der Waals surface area contributed by atoms with Crippen molar-refractivity contribution < 1.29 is 13.2 Å². The number of hydrogen-bond donors (Lipinski definition) is 2. The Morgan fingerprint density at radius 2 is 1.96 bits per heavy atom. The van der Waals surface area contributed by atoms with Crippen LogP contribution in [-0.2, 0) is 9.84 Å². The molecule has 0 bridgehead atoms. The molecule has 0 radical (unpaired) electrons. The summed E-state index contributed by atoms with van der Waals surface area (Å²) in [6, 6.07) is 8.91. The molecule has 1 heterocycles. The highest BCUT2D eigenvalue weighted by Gasteiger charge is 2.16. The highest BCUT2D eigenvalue weighted by atomic mass is 32.2. The summed E-state index contributed by atoms with van der Waals surface area (Å²) in [4.78, 5) is 16.4. The number of rotatable bonds is 5. The minimum absolute atomic E-state index is 0.0730. The van der Waals surface area contributed by atoms with Gasteiger partial charge in [0.1, 0.15) is 0 Å². The van der Waals surface area contributed by atoms with Crippen LogP contribution in [0.5, 0.6) is 0 Å². The number of aryl methyl sites for hydroxylation is 1. The van der Waals surface area contributed by atoms with E-state index in [4.69, 9.17) is 0 Å². The van der Waals surface area contributed by atoms with Gasteiger partial charge in [0.25, 0.3) is 0 Å². The minimum atomic E-state index is -3.16. The van der Waals surface area contributed by atoms with Crippen LogP contribution >= 0.6 is 0 Å². The Morgan fingerprint density at radius 1 is 1.22 bits per heavy atom. The molecule has 0 saturated carbocycles. The number of pyridine rings is 1. The number of sulfone groups is 1. The Morgan fingerprint density at radius 3 is 2.65 bits per heavy atom. The number of anilines is 1. The number of nitrogens with zero attached hydrogens (tertiary/aromatic N) is 1. The zero-order valence-corrected chi connectivity index (χ0v) is 14.3. The molecule has 2 amide bonds. The van der Waals surface area contributed by atoms with Gasteiger partial charge in [-0.05, 0) is 32.9 Å². The smallest absolute Gasteiger partial charge is 0.319 e. The third kappa shape index (κ3) is 4.41. The molecular formula is C16H21N3O3S. The predicted octanol–water partition coefficient (Wildman–Crippen LogP) is 2.49. The molecule has 0 spiro atoms. The Balaban J connectivity index is 2.02. The first-order valence-electron chi connectivity index (χ1n) is 7.42. The van der Waals surface area contributed by atoms with Crippen molar-refractivity contribution in [1.82, 2.24) is 10.3 Å². The lowest BCUT2D eigenvalue weighted by Crippen LogP contribution is -2.34. The molecular weight excluding hydrogens is 314 g/mol. The molecule has 23 heavy (non-hydrogen) atoms. The summed E-state index contributed by atoms with van der Waals surface area (Å²) in [5.41, 5.74) is 2.16. The number of fused-ring (bicyclic) bond motifs is 1. The molecule has 124 valence electrons. The Labute approximate surface area is 136 Å². The monoisotopic (exact) mass is 335 g/mol.